The van der Waals surface area contributed by atoms with Crippen LogP contribution in [0.2, 0.25) is 0 Å². The smallest absolute Gasteiger partial charge is 0.130 e. The maximum atomic E-state index is 5.34. The number of nitrogens with zero attached hydrogens (tertiary/aromatic N) is 2. The average molecular weight is 273 g/mol. The van der Waals surface area contributed by atoms with Gasteiger partial charge < -0.3 is 9.73 Å². The Morgan fingerprint density at radius 2 is 2.05 bits per heavy atom. The van der Waals surface area contributed by atoms with Crippen LogP contribution in [0.5, 0.6) is 0 Å². The van der Waals surface area contributed by atoms with E-state index >= 15 is 0 Å². The van der Waals surface area contributed by atoms with E-state index in [0.717, 1.165) is 37.6 Å². The normalized spacial score (nSPS) is 11.0. The fraction of sp³-hybridized carbons (Fsp3) is 0.438. The lowest BCUT2D eigenvalue weighted by Crippen LogP contribution is -2.19. The highest BCUT2D eigenvalue weighted by Gasteiger charge is 2.09. The molecule has 0 amide bonds. The van der Waals surface area contributed by atoms with E-state index in [0.29, 0.717) is 0 Å². The molecule has 0 bridgehead atoms. The monoisotopic (exact) mass is 273 g/mol. The average Bonchev–Trinajstić information content (AvgIpc) is 2.83. The maximum Gasteiger partial charge on any atom is 0.130 e. The lowest BCUT2D eigenvalue weighted by molar-refractivity contribution is 0.316. The molecule has 0 saturated heterocycles. The van der Waals surface area contributed by atoms with Crippen LogP contribution in [-0.4, -0.2) is 23.5 Å². The van der Waals surface area contributed by atoms with E-state index < -0.39 is 0 Å². The van der Waals surface area contributed by atoms with E-state index in [1.54, 1.807) is 6.26 Å². The second-order valence-corrected chi connectivity index (χ2v) is 5.11. The first-order valence-corrected chi connectivity index (χ1v) is 7.10. The first kappa shape index (κ1) is 14.6. The molecule has 0 atom stereocenters. The molecule has 0 unspecified atom stereocenters. The predicted octanol–water partition coefficient (Wildman–Crippen LogP) is 3.44. The number of aryl methyl sites for hydroxylation is 1. The van der Waals surface area contributed by atoms with Gasteiger partial charge >= 0.3 is 0 Å². The summed E-state index contributed by atoms with van der Waals surface area (Å²) in [7, 11) is 2.11. The summed E-state index contributed by atoms with van der Waals surface area (Å²) in [6.07, 6.45) is 4.68. The fourth-order valence-electron chi connectivity index (χ4n) is 2.18. The number of hydrogen-bond acceptors (Lipinski definition) is 4. The molecule has 0 aliphatic heterocycles. The summed E-state index contributed by atoms with van der Waals surface area (Å²) in [6.45, 7) is 6.86. The summed E-state index contributed by atoms with van der Waals surface area (Å²) in [4.78, 5) is 6.70. The first-order valence-electron chi connectivity index (χ1n) is 7.10. The Morgan fingerprint density at radius 3 is 2.75 bits per heavy atom. The van der Waals surface area contributed by atoms with Crippen LogP contribution in [0.1, 0.15) is 30.2 Å². The Bertz CT molecular complexity index is 536. The Balaban J connectivity index is 2.00. The Labute approximate surface area is 120 Å². The van der Waals surface area contributed by atoms with Crippen molar-refractivity contribution >= 4 is 5.82 Å². The van der Waals surface area contributed by atoms with Crippen LogP contribution in [0.4, 0.5) is 5.82 Å². The van der Waals surface area contributed by atoms with Gasteiger partial charge in [-0.2, -0.15) is 0 Å². The molecule has 2 aromatic rings. The van der Waals surface area contributed by atoms with Gasteiger partial charge in [0.2, 0.25) is 0 Å². The zero-order valence-corrected chi connectivity index (χ0v) is 12.5. The number of hydrogen-bond donors (Lipinski definition) is 1. The van der Waals surface area contributed by atoms with Gasteiger partial charge in [-0.1, -0.05) is 13.0 Å². The summed E-state index contributed by atoms with van der Waals surface area (Å²) in [6, 6.07) is 6.15. The second kappa shape index (κ2) is 7.10. The van der Waals surface area contributed by atoms with Crippen LogP contribution in [0, 0.1) is 6.92 Å². The van der Waals surface area contributed by atoms with Crippen molar-refractivity contribution in [2.45, 2.75) is 33.4 Å². The van der Waals surface area contributed by atoms with Gasteiger partial charge in [0, 0.05) is 37.0 Å². The highest BCUT2D eigenvalue weighted by Crippen LogP contribution is 2.16. The molecule has 0 spiro atoms. The fourth-order valence-corrected chi connectivity index (χ4v) is 2.18. The van der Waals surface area contributed by atoms with Gasteiger partial charge in [0.15, 0.2) is 0 Å². The maximum absolute atomic E-state index is 5.34. The summed E-state index contributed by atoms with van der Waals surface area (Å²) in [5.74, 6) is 1.98. The minimum absolute atomic E-state index is 0.866. The van der Waals surface area contributed by atoms with Crippen LogP contribution in [0.25, 0.3) is 0 Å². The van der Waals surface area contributed by atoms with Crippen LogP contribution < -0.4 is 5.32 Å². The molecule has 4 heteroatoms. The number of aromatic nitrogens is 1. The number of pyridine rings is 1. The molecular formula is C16H23N3O. The van der Waals surface area contributed by atoms with Gasteiger partial charge in [0.25, 0.3) is 0 Å². The standard InChI is InChI=1S/C16H23N3O/c1-4-8-17-16-15(6-5-9-18-16)12-19(3)11-14-7-10-20-13(14)2/h5-7,9-10H,4,8,11-12H2,1-3H3,(H,17,18). The molecule has 4 nitrogen and oxygen atoms in total. The zero-order valence-electron chi connectivity index (χ0n) is 12.5. The molecule has 0 fully saturated rings. The highest BCUT2D eigenvalue weighted by molar-refractivity contribution is 5.43. The molecule has 2 rings (SSSR count). The van der Waals surface area contributed by atoms with Gasteiger partial charge in [0.05, 0.1) is 6.26 Å². The van der Waals surface area contributed by atoms with Crippen molar-refractivity contribution in [2.24, 2.45) is 0 Å². The van der Waals surface area contributed by atoms with Crippen molar-refractivity contribution in [3.63, 3.8) is 0 Å². The minimum Gasteiger partial charge on any atom is -0.469 e. The highest BCUT2D eigenvalue weighted by atomic mass is 16.3. The number of anilines is 1. The summed E-state index contributed by atoms with van der Waals surface area (Å²) >= 11 is 0. The number of nitrogens with one attached hydrogen (secondary N) is 1. The van der Waals surface area contributed by atoms with Gasteiger partial charge in [-0.25, -0.2) is 4.98 Å². The second-order valence-electron chi connectivity index (χ2n) is 5.11. The third kappa shape index (κ3) is 3.84. The Morgan fingerprint density at radius 1 is 1.25 bits per heavy atom. The summed E-state index contributed by atoms with van der Waals surface area (Å²) in [5.41, 5.74) is 2.46. The van der Waals surface area contributed by atoms with Crippen molar-refractivity contribution < 1.29 is 4.42 Å². The van der Waals surface area contributed by atoms with Gasteiger partial charge in [-0.05, 0) is 32.5 Å². The molecule has 0 saturated carbocycles. The van der Waals surface area contributed by atoms with Crippen molar-refractivity contribution in [2.75, 3.05) is 18.9 Å². The van der Waals surface area contributed by atoms with E-state index in [-0.39, 0.29) is 0 Å². The summed E-state index contributed by atoms with van der Waals surface area (Å²) in [5, 5.41) is 3.38. The van der Waals surface area contributed by atoms with E-state index in [1.165, 1.54) is 11.1 Å². The van der Waals surface area contributed by atoms with E-state index in [2.05, 4.69) is 35.2 Å². The third-order valence-electron chi connectivity index (χ3n) is 3.28. The zero-order chi connectivity index (χ0) is 14.4. The van der Waals surface area contributed by atoms with Gasteiger partial charge in [-0.3, -0.25) is 4.90 Å². The lowest BCUT2D eigenvalue weighted by atomic mass is 10.2. The molecule has 2 aromatic heterocycles. The van der Waals surface area contributed by atoms with Crippen molar-refractivity contribution in [3.05, 3.63) is 47.5 Å². The van der Waals surface area contributed by atoms with Gasteiger partial charge in [-0.15, -0.1) is 0 Å². The van der Waals surface area contributed by atoms with Crippen LogP contribution >= 0.6 is 0 Å². The number of rotatable bonds is 7. The predicted molar refractivity (Wildman–Crippen MR) is 81.6 cm³/mol. The first-order chi connectivity index (χ1) is 9.70. The summed E-state index contributed by atoms with van der Waals surface area (Å²) < 4.78 is 5.34. The Hall–Kier alpha value is -1.81. The molecule has 0 aromatic carbocycles. The molecule has 108 valence electrons. The van der Waals surface area contributed by atoms with Crippen molar-refractivity contribution in [1.29, 1.82) is 0 Å². The molecule has 20 heavy (non-hydrogen) atoms. The molecule has 0 aliphatic rings. The molecular weight excluding hydrogens is 250 g/mol. The van der Waals surface area contributed by atoms with E-state index in [1.807, 2.05) is 25.3 Å². The molecule has 0 aliphatic carbocycles. The van der Waals surface area contributed by atoms with E-state index in [9.17, 15) is 0 Å². The topological polar surface area (TPSA) is 41.3 Å². The number of furan rings is 1. The Kier molecular flexibility index (Phi) is 5.18. The quantitative estimate of drug-likeness (QED) is 0.839. The van der Waals surface area contributed by atoms with Crippen molar-refractivity contribution in [1.82, 2.24) is 9.88 Å². The molecule has 0 radical (unpaired) electrons. The van der Waals surface area contributed by atoms with Crippen LogP contribution in [-0.2, 0) is 13.1 Å². The SMILES string of the molecule is CCCNc1ncccc1CN(C)Cc1ccoc1C. The lowest BCUT2D eigenvalue weighted by Gasteiger charge is -2.18. The van der Waals surface area contributed by atoms with Gasteiger partial charge in [0.1, 0.15) is 11.6 Å². The van der Waals surface area contributed by atoms with Crippen LogP contribution in [0.3, 0.4) is 0 Å². The largest absolute Gasteiger partial charge is 0.469 e. The third-order valence-corrected chi connectivity index (χ3v) is 3.28. The van der Waals surface area contributed by atoms with Crippen LogP contribution in [0.15, 0.2) is 35.1 Å². The van der Waals surface area contributed by atoms with Crippen molar-refractivity contribution in [3.8, 4) is 0 Å². The molecule has 2 heterocycles. The minimum atomic E-state index is 0.866. The van der Waals surface area contributed by atoms with E-state index in [4.69, 9.17) is 4.42 Å². The molecule has 1 N–H and O–H groups in total.